The average Bonchev–Trinajstić information content (AvgIpc) is 3.31. The molecule has 0 fully saturated rings. The zero-order valence-electron chi connectivity index (χ0n) is 19.5. The number of likely N-dealkylation sites (N-methyl/N-ethyl adjacent to an activating group) is 1. The first-order valence-corrected chi connectivity index (χ1v) is 11.3. The van der Waals surface area contributed by atoms with Crippen LogP contribution in [0.15, 0.2) is 42.0 Å². The van der Waals surface area contributed by atoms with E-state index < -0.39 is 11.9 Å². The molecule has 0 aliphatic carbocycles. The lowest BCUT2D eigenvalue weighted by Gasteiger charge is -2.39. The number of aliphatic hydroxyl groups excluding tert-OH is 1. The second-order valence-corrected chi connectivity index (χ2v) is 8.63. The Balaban J connectivity index is 1.31. The van der Waals surface area contributed by atoms with Gasteiger partial charge in [-0.2, -0.15) is 23.3 Å². The number of pyridine rings is 1. The third kappa shape index (κ3) is 4.32. The minimum absolute atomic E-state index is 0.0794. The number of aromatic nitrogens is 5. The number of halogens is 3. The molecule has 36 heavy (non-hydrogen) atoms. The fourth-order valence-electron chi connectivity index (χ4n) is 4.35. The molecule has 0 spiro atoms. The summed E-state index contributed by atoms with van der Waals surface area (Å²) in [5.74, 6) is 0.564. The Labute approximate surface area is 204 Å². The van der Waals surface area contributed by atoms with Crippen LogP contribution in [0.3, 0.4) is 0 Å². The molecule has 0 bridgehead atoms. The highest BCUT2D eigenvalue weighted by Crippen LogP contribution is 2.41. The molecule has 0 atom stereocenters. The van der Waals surface area contributed by atoms with Crippen LogP contribution < -0.4 is 15.1 Å². The van der Waals surface area contributed by atoms with Crippen molar-refractivity contribution in [3.05, 3.63) is 64.7 Å². The summed E-state index contributed by atoms with van der Waals surface area (Å²) >= 11 is 0. The van der Waals surface area contributed by atoms with Crippen molar-refractivity contribution in [3.63, 3.8) is 0 Å². The van der Waals surface area contributed by atoms with E-state index in [9.17, 15) is 23.1 Å². The Hall–Kier alpha value is -4.16. The minimum Gasteiger partial charge on any atom is -0.510 e. The van der Waals surface area contributed by atoms with Gasteiger partial charge in [0.1, 0.15) is 17.1 Å². The molecule has 3 aromatic rings. The molecule has 2 aliphatic heterocycles. The van der Waals surface area contributed by atoms with E-state index in [1.165, 1.54) is 17.8 Å². The van der Waals surface area contributed by atoms with Crippen LogP contribution in [0.25, 0.3) is 0 Å². The van der Waals surface area contributed by atoms with Crippen LogP contribution in [0, 0.1) is 0 Å². The molecule has 0 saturated carbocycles. The summed E-state index contributed by atoms with van der Waals surface area (Å²) in [6.07, 6.45) is -0.134. The molecule has 0 aromatic carbocycles. The molecule has 0 radical (unpaired) electrons. The minimum atomic E-state index is -4.48. The number of carbonyl (C=O) groups is 1. The normalized spacial score (nSPS) is 16.8. The third-order valence-electron chi connectivity index (χ3n) is 6.04. The molecule has 1 amide bonds. The van der Waals surface area contributed by atoms with E-state index in [2.05, 4.69) is 25.4 Å². The van der Waals surface area contributed by atoms with E-state index in [-0.39, 0.29) is 23.9 Å². The summed E-state index contributed by atoms with van der Waals surface area (Å²) in [7, 11) is 1.69. The van der Waals surface area contributed by atoms with Crippen molar-refractivity contribution in [2.75, 3.05) is 28.7 Å². The Morgan fingerprint density at radius 1 is 1.22 bits per heavy atom. The lowest BCUT2D eigenvalue weighted by Crippen LogP contribution is -2.46. The number of nitrogens with one attached hydrogen (secondary N) is 1. The summed E-state index contributed by atoms with van der Waals surface area (Å²) in [4.78, 5) is 29.6. The molecule has 5 heterocycles. The number of carbonyl (C=O) groups excluding carboxylic acids is 1. The first-order valence-electron chi connectivity index (χ1n) is 11.3. The van der Waals surface area contributed by atoms with Crippen LogP contribution >= 0.6 is 0 Å². The molecule has 2 aliphatic rings. The number of amides is 1. The predicted molar refractivity (Wildman–Crippen MR) is 124 cm³/mol. The van der Waals surface area contributed by atoms with E-state index in [0.29, 0.717) is 42.7 Å². The van der Waals surface area contributed by atoms with Crippen molar-refractivity contribution in [1.82, 2.24) is 24.7 Å². The molecule has 0 saturated heterocycles. The van der Waals surface area contributed by atoms with Crippen LogP contribution in [0.4, 0.5) is 30.6 Å². The predicted octanol–water partition coefficient (Wildman–Crippen LogP) is 3.27. The van der Waals surface area contributed by atoms with Gasteiger partial charge in [0.25, 0.3) is 5.91 Å². The zero-order chi connectivity index (χ0) is 25.6. The Morgan fingerprint density at radius 2 is 2.03 bits per heavy atom. The van der Waals surface area contributed by atoms with E-state index >= 15 is 0 Å². The maximum absolute atomic E-state index is 12.9. The van der Waals surface area contributed by atoms with Gasteiger partial charge in [0.2, 0.25) is 5.95 Å². The first-order chi connectivity index (χ1) is 17.1. The highest BCUT2D eigenvalue weighted by molar-refractivity contribution is 6.13. The van der Waals surface area contributed by atoms with Gasteiger partial charge < -0.3 is 20.2 Å². The SMILES string of the molecule is C/C(O)=C1/C(=O)N2CCCc3nc(NCc4ccc(Cn5ccc(C(F)(F)F)n5)nc4)nc(c32)N1C. The third-order valence-corrected chi connectivity index (χ3v) is 6.04. The average molecular weight is 500 g/mol. The number of hydrogen-bond donors (Lipinski definition) is 2. The lowest BCUT2D eigenvalue weighted by molar-refractivity contribution is -0.141. The fraction of sp³-hybridized carbons (Fsp3) is 0.348. The second-order valence-electron chi connectivity index (χ2n) is 8.63. The van der Waals surface area contributed by atoms with Gasteiger partial charge >= 0.3 is 6.18 Å². The molecule has 3 aromatic heterocycles. The summed E-state index contributed by atoms with van der Waals surface area (Å²) in [5, 5.41) is 16.8. The molecule has 10 nitrogen and oxygen atoms in total. The Kier molecular flexibility index (Phi) is 5.77. The summed E-state index contributed by atoms with van der Waals surface area (Å²) in [6, 6.07) is 4.47. The topological polar surface area (TPSA) is 112 Å². The number of rotatable bonds is 5. The van der Waals surface area contributed by atoms with Crippen molar-refractivity contribution in [2.24, 2.45) is 0 Å². The number of alkyl halides is 3. The number of aliphatic hydroxyl groups is 1. The smallest absolute Gasteiger partial charge is 0.435 e. The van der Waals surface area contributed by atoms with Gasteiger partial charge in [-0.1, -0.05) is 6.07 Å². The van der Waals surface area contributed by atoms with Crippen LogP contribution in [-0.2, 0) is 30.5 Å². The molecule has 2 N–H and O–H groups in total. The molecular formula is C23H23F3N8O2. The van der Waals surface area contributed by atoms with Crippen molar-refractivity contribution < 1.29 is 23.1 Å². The van der Waals surface area contributed by atoms with E-state index in [1.807, 2.05) is 6.07 Å². The van der Waals surface area contributed by atoms with Gasteiger partial charge in [0.05, 0.1) is 17.9 Å². The monoisotopic (exact) mass is 500 g/mol. The number of nitrogens with zero attached hydrogens (tertiary/aromatic N) is 7. The quantitative estimate of drug-likeness (QED) is 0.406. The fourth-order valence-corrected chi connectivity index (χ4v) is 4.35. The van der Waals surface area contributed by atoms with E-state index in [0.717, 1.165) is 23.7 Å². The summed E-state index contributed by atoms with van der Waals surface area (Å²) < 4.78 is 39.4. The molecule has 188 valence electrons. The van der Waals surface area contributed by atoms with Gasteiger partial charge in [-0.3, -0.25) is 14.5 Å². The standard InChI is InChI=1S/C23H23F3N8O2/c1-13(35)18-21(36)34-8-3-4-16-19(34)20(32(18)2)30-22(29-16)28-11-14-5-6-15(27-10-14)12-33-9-7-17(31-33)23(24,25)26/h5-7,9-10,35H,3-4,8,11-12H2,1-2H3,(H,28,29,30)/b18-13+. The lowest BCUT2D eigenvalue weighted by atomic mass is 10.0. The number of anilines is 3. The van der Waals surface area contributed by atoms with E-state index in [4.69, 9.17) is 0 Å². The number of allylic oxidation sites excluding steroid dienone is 1. The molecular weight excluding hydrogens is 477 g/mol. The van der Waals surface area contributed by atoms with Gasteiger partial charge in [0, 0.05) is 32.5 Å². The second kappa shape index (κ2) is 8.81. The summed E-state index contributed by atoms with van der Waals surface area (Å²) in [6.45, 7) is 2.48. The number of hydrogen-bond acceptors (Lipinski definition) is 8. The van der Waals surface area contributed by atoms with Crippen molar-refractivity contribution in [2.45, 2.75) is 39.0 Å². The largest absolute Gasteiger partial charge is 0.510 e. The van der Waals surface area contributed by atoms with Crippen LogP contribution in [0.2, 0.25) is 0 Å². The van der Waals surface area contributed by atoms with Gasteiger partial charge in [0.15, 0.2) is 11.5 Å². The Bertz CT molecular complexity index is 1350. The van der Waals surface area contributed by atoms with Crippen LogP contribution in [0.5, 0.6) is 0 Å². The van der Waals surface area contributed by atoms with Crippen molar-refractivity contribution >= 4 is 23.4 Å². The van der Waals surface area contributed by atoms with Crippen LogP contribution in [0.1, 0.15) is 36.0 Å². The first kappa shape index (κ1) is 23.6. The maximum Gasteiger partial charge on any atom is 0.435 e. The van der Waals surface area contributed by atoms with Crippen LogP contribution in [-0.4, -0.2) is 49.3 Å². The Morgan fingerprint density at radius 3 is 2.69 bits per heavy atom. The van der Waals surface area contributed by atoms with Crippen molar-refractivity contribution in [1.29, 1.82) is 0 Å². The molecule has 13 heteroatoms. The molecule has 0 unspecified atom stereocenters. The molecule has 5 rings (SSSR count). The maximum atomic E-state index is 12.9. The van der Waals surface area contributed by atoms with Gasteiger partial charge in [-0.15, -0.1) is 0 Å². The summed E-state index contributed by atoms with van der Waals surface area (Å²) in [5.41, 5.74) is 2.05. The number of aryl methyl sites for hydroxylation is 1. The highest BCUT2D eigenvalue weighted by Gasteiger charge is 2.39. The van der Waals surface area contributed by atoms with Gasteiger partial charge in [-0.25, -0.2) is 4.98 Å². The van der Waals surface area contributed by atoms with E-state index in [1.54, 1.807) is 29.1 Å². The highest BCUT2D eigenvalue weighted by atomic mass is 19.4. The van der Waals surface area contributed by atoms with Crippen molar-refractivity contribution in [3.8, 4) is 0 Å². The zero-order valence-corrected chi connectivity index (χ0v) is 19.5. The van der Waals surface area contributed by atoms with Gasteiger partial charge in [-0.05, 0) is 37.5 Å².